The van der Waals surface area contributed by atoms with Gasteiger partial charge in [0.05, 0.1) is 17.9 Å². The Morgan fingerprint density at radius 2 is 1.76 bits per heavy atom. The number of Topliss-reactive ketones (excluding diaryl/α,β-unsaturated/α-hetero) is 1. The molecule has 0 saturated carbocycles. The van der Waals surface area contributed by atoms with Crippen LogP contribution in [0, 0.1) is 19.8 Å². The third-order valence-corrected chi connectivity index (χ3v) is 5.89. The van der Waals surface area contributed by atoms with Crippen LogP contribution in [0.4, 0.5) is 5.69 Å². The van der Waals surface area contributed by atoms with E-state index in [9.17, 15) is 14.7 Å². The van der Waals surface area contributed by atoms with E-state index in [2.05, 4.69) is 18.8 Å². The largest absolute Gasteiger partial charge is 0.507 e. The highest BCUT2D eigenvalue weighted by Gasteiger charge is 2.47. The summed E-state index contributed by atoms with van der Waals surface area (Å²) in [5, 5.41) is 11.2. The molecule has 2 heterocycles. The lowest BCUT2D eigenvalue weighted by Crippen LogP contribution is -2.29. The highest BCUT2D eigenvalue weighted by Crippen LogP contribution is 2.41. The number of benzene rings is 2. The second-order valence-electron chi connectivity index (χ2n) is 8.92. The number of rotatable bonds is 6. The molecule has 174 valence electrons. The molecule has 0 bridgehead atoms. The lowest BCUT2D eigenvalue weighted by molar-refractivity contribution is -0.132. The molecule has 1 N–H and O–H groups in total. The molecule has 1 fully saturated rings. The van der Waals surface area contributed by atoms with Crippen LogP contribution in [0.15, 0.2) is 72.4 Å². The van der Waals surface area contributed by atoms with Crippen molar-refractivity contribution in [3.63, 3.8) is 0 Å². The predicted molar refractivity (Wildman–Crippen MR) is 132 cm³/mol. The smallest absolute Gasteiger partial charge is 0.300 e. The molecule has 3 aromatic rings. The van der Waals surface area contributed by atoms with Crippen molar-refractivity contribution in [2.75, 3.05) is 11.5 Å². The molecule has 1 aromatic heterocycles. The van der Waals surface area contributed by atoms with Crippen LogP contribution in [-0.4, -0.2) is 28.4 Å². The molecule has 1 unspecified atom stereocenters. The second-order valence-corrected chi connectivity index (χ2v) is 8.92. The molecule has 0 radical (unpaired) electrons. The number of amides is 1. The summed E-state index contributed by atoms with van der Waals surface area (Å²) >= 11 is 0. The number of aliphatic hydroxyl groups is 1. The zero-order valence-electron chi connectivity index (χ0n) is 19.8. The van der Waals surface area contributed by atoms with Crippen molar-refractivity contribution < 1.29 is 19.4 Å². The molecule has 0 aliphatic carbocycles. The second kappa shape index (κ2) is 9.51. The molecule has 4 rings (SSSR count). The number of ketones is 1. The molecular formula is C28H28N2O4. The third kappa shape index (κ3) is 4.44. The van der Waals surface area contributed by atoms with E-state index >= 15 is 0 Å². The van der Waals surface area contributed by atoms with E-state index in [0.29, 0.717) is 35.2 Å². The van der Waals surface area contributed by atoms with E-state index in [0.717, 1.165) is 11.1 Å². The van der Waals surface area contributed by atoms with Crippen LogP contribution >= 0.6 is 0 Å². The van der Waals surface area contributed by atoms with Gasteiger partial charge in [0.1, 0.15) is 17.6 Å². The van der Waals surface area contributed by atoms with Crippen molar-refractivity contribution in [3.8, 4) is 5.75 Å². The van der Waals surface area contributed by atoms with Crippen LogP contribution in [0.2, 0.25) is 0 Å². The molecule has 0 spiro atoms. The number of carbonyl (C=O) groups is 2. The summed E-state index contributed by atoms with van der Waals surface area (Å²) < 4.78 is 5.71. The highest BCUT2D eigenvalue weighted by atomic mass is 16.5. The first-order valence-electron chi connectivity index (χ1n) is 11.3. The van der Waals surface area contributed by atoms with Gasteiger partial charge in [-0.2, -0.15) is 0 Å². The SMILES string of the molecule is Cc1ccc(N2C(=O)C(=O)/C(=C(/O)c3ccc(OCC(C)C)cc3)C2c2ccccn2)cc1C. The lowest BCUT2D eigenvalue weighted by Gasteiger charge is -2.25. The maximum absolute atomic E-state index is 13.2. The minimum Gasteiger partial charge on any atom is -0.507 e. The number of hydrogen-bond acceptors (Lipinski definition) is 5. The Bertz CT molecular complexity index is 1250. The predicted octanol–water partition coefficient (Wildman–Crippen LogP) is 5.36. The summed E-state index contributed by atoms with van der Waals surface area (Å²) in [7, 11) is 0. The van der Waals surface area contributed by atoms with Crippen molar-refractivity contribution in [1.82, 2.24) is 4.98 Å². The minimum absolute atomic E-state index is 0.0118. The monoisotopic (exact) mass is 456 g/mol. The fourth-order valence-corrected chi connectivity index (χ4v) is 3.92. The minimum atomic E-state index is -0.847. The van der Waals surface area contributed by atoms with Gasteiger partial charge < -0.3 is 9.84 Å². The van der Waals surface area contributed by atoms with Crippen LogP contribution in [0.5, 0.6) is 5.75 Å². The number of nitrogens with zero attached hydrogens (tertiary/aromatic N) is 2. The van der Waals surface area contributed by atoms with Crippen molar-refractivity contribution in [1.29, 1.82) is 0 Å². The molecule has 1 aliphatic heterocycles. The van der Waals surface area contributed by atoms with Crippen LogP contribution in [-0.2, 0) is 9.59 Å². The summed E-state index contributed by atoms with van der Waals surface area (Å²) in [4.78, 5) is 32.3. The Hall–Kier alpha value is -3.93. The van der Waals surface area contributed by atoms with Gasteiger partial charge in [-0.05, 0) is 79.4 Å². The van der Waals surface area contributed by atoms with E-state index < -0.39 is 17.7 Å². The summed E-state index contributed by atoms with van der Waals surface area (Å²) in [5.74, 6) is -0.630. The zero-order chi connectivity index (χ0) is 24.4. The van der Waals surface area contributed by atoms with Crippen LogP contribution in [0.25, 0.3) is 5.76 Å². The van der Waals surface area contributed by atoms with Gasteiger partial charge in [-0.3, -0.25) is 19.5 Å². The van der Waals surface area contributed by atoms with Crippen LogP contribution in [0.1, 0.15) is 42.3 Å². The maximum Gasteiger partial charge on any atom is 0.300 e. The van der Waals surface area contributed by atoms with Crippen molar-refractivity contribution in [2.45, 2.75) is 33.7 Å². The Labute approximate surface area is 199 Å². The van der Waals surface area contributed by atoms with Crippen molar-refractivity contribution >= 4 is 23.1 Å². The zero-order valence-corrected chi connectivity index (χ0v) is 19.8. The normalized spacial score (nSPS) is 17.4. The number of aryl methyl sites for hydroxylation is 2. The molecular weight excluding hydrogens is 428 g/mol. The molecule has 2 aromatic carbocycles. The first-order valence-corrected chi connectivity index (χ1v) is 11.3. The molecule has 6 heteroatoms. The average Bonchev–Trinajstić information content (AvgIpc) is 3.10. The quantitative estimate of drug-likeness (QED) is 0.307. The van der Waals surface area contributed by atoms with E-state index in [4.69, 9.17) is 4.74 Å². The fourth-order valence-electron chi connectivity index (χ4n) is 3.92. The van der Waals surface area contributed by atoms with Gasteiger partial charge >= 0.3 is 0 Å². The number of carbonyl (C=O) groups excluding carboxylic acids is 2. The molecule has 1 atom stereocenters. The van der Waals surface area contributed by atoms with Crippen LogP contribution < -0.4 is 9.64 Å². The van der Waals surface area contributed by atoms with E-state index in [-0.39, 0.29) is 11.3 Å². The standard InChI is InChI=1S/C28H28N2O4/c1-17(2)16-34-22-12-9-20(10-13-22)26(31)24-25(23-7-5-6-14-29-23)30(28(33)27(24)32)21-11-8-18(3)19(4)15-21/h5-15,17,25,31H,16H2,1-4H3/b26-24+. The molecule has 6 nitrogen and oxygen atoms in total. The average molecular weight is 457 g/mol. The molecule has 1 amide bonds. The van der Waals surface area contributed by atoms with Crippen molar-refractivity contribution in [3.05, 3.63) is 94.8 Å². The third-order valence-electron chi connectivity index (χ3n) is 5.89. The first-order chi connectivity index (χ1) is 16.3. The van der Waals surface area contributed by atoms with Gasteiger partial charge in [0, 0.05) is 17.4 Å². The number of anilines is 1. The van der Waals surface area contributed by atoms with Gasteiger partial charge in [-0.1, -0.05) is 26.0 Å². The van der Waals surface area contributed by atoms with E-state index in [1.54, 1.807) is 48.7 Å². The van der Waals surface area contributed by atoms with Gasteiger partial charge in [0.2, 0.25) is 0 Å². The van der Waals surface area contributed by atoms with E-state index in [1.807, 2.05) is 32.0 Å². The highest BCUT2D eigenvalue weighted by molar-refractivity contribution is 6.51. The first kappa shape index (κ1) is 23.2. The molecule has 1 aliphatic rings. The van der Waals surface area contributed by atoms with E-state index in [1.165, 1.54) is 4.90 Å². The van der Waals surface area contributed by atoms with Crippen LogP contribution in [0.3, 0.4) is 0 Å². The Morgan fingerprint density at radius 1 is 1.03 bits per heavy atom. The number of aliphatic hydroxyl groups excluding tert-OH is 1. The number of pyridine rings is 1. The number of aromatic nitrogens is 1. The maximum atomic E-state index is 13.2. The Balaban J connectivity index is 1.81. The van der Waals surface area contributed by atoms with Gasteiger partial charge in [-0.15, -0.1) is 0 Å². The summed E-state index contributed by atoms with van der Waals surface area (Å²) in [6.07, 6.45) is 1.61. The summed E-state index contributed by atoms with van der Waals surface area (Å²) in [5.41, 5.74) is 3.59. The van der Waals surface area contributed by atoms with Gasteiger partial charge in [0.15, 0.2) is 0 Å². The number of hydrogen-bond donors (Lipinski definition) is 1. The number of ether oxygens (including phenoxy) is 1. The van der Waals surface area contributed by atoms with Gasteiger partial charge in [-0.25, -0.2) is 0 Å². The molecule has 34 heavy (non-hydrogen) atoms. The van der Waals surface area contributed by atoms with Crippen molar-refractivity contribution in [2.24, 2.45) is 5.92 Å². The summed E-state index contributed by atoms with van der Waals surface area (Å²) in [6.45, 7) is 8.64. The Morgan fingerprint density at radius 3 is 2.38 bits per heavy atom. The Kier molecular flexibility index (Phi) is 6.50. The van der Waals surface area contributed by atoms with Gasteiger partial charge in [0.25, 0.3) is 11.7 Å². The molecule has 1 saturated heterocycles. The fraction of sp³-hybridized carbons (Fsp3) is 0.250. The lowest BCUT2D eigenvalue weighted by atomic mass is 9.98. The summed E-state index contributed by atoms with van der Waals surface area (Å²) in [6, 6.07) is 16.9. The topological polar surface area (TPSA) is 79.7 Å².